The quantitative estimate of drug-likeness (QED) is 0.191. The highest BCUT2D eigenvalue weighted by molar-refractivity contribution is 4.63. The van der Waals surface area contributed by atoms with Crippen LogP contribution in [-0.4, -0.2) is 0 Å². The second-order valence-electron chi connectivity index (χ2n) is 8.59. The maximum Gasteiger partial charge on any atom is -0.0417 e. The van der Waals surface area contributed by atoms with Crippen LogP contribution in [0.1, 0.15) is 150 Å². The number of hydrogen-bond donors (Lipinski definition) is 0. The van der Waals surface area contributed by atoms with Gasteiger partial charge in [-0.25, -0.2) is 0 Å². The Morgan fingerprint density at radius 2 is 0.680 bits per heavy atom. The third kappa shape index (κ3) is 17.2. The molecule has 2 atom stereocenters. The summed E-state index contributed by atoms with van der Waals surface area (Å²) in [4.78, 5) is 0. The summed E-state index contributed by atoms with van der Waals surface area (Å²) in [5.41, 5.74) is 0. The van der Waals surface area contributed by atoms with Gasteiger partial charge in [0.2, 0.25) is 0 Å². The zero-order chi connectivity index (χ0) is 18.6. The summed E-state index contributed by atoms with van der Waals surface area (Å²) in [6.45, 7) is 9.44. The van der Waals surface area contributed by atoms with E-state index in [1.165, 1.54) is 122 Å². The van der Waals surface area contributed by atoms with Crippen molar-refractivity contribution in [1.82, 2.24) is 0 Å². The molecule has 0 N–H and O–H groups in total. The van der Waals surface area contributed by atoms with Crippen LogP contribution in [0.3, 0.4) is 0 Å². The highest BCUT2D eigenvalue weighted by Crippen LogP contribution is 2.25. The summed E-state index contributed by atoms with van der Waals surface area (Å²) in [6, 6.07) is 0. The van der Waals surface area contributed by atoms with Crippen molar-refractivity contribution in [2.75, 3.05) is 0 Å². The molecule has 0 heterocycles. The molecule has 0 aromatic heterocycles. The van der Waals surface area contributed by atoms with Crippen LogP contribution in [0.25, 0.3) is 0 Å². The fraction of sp³-hybridized carbons (Fsp3) is 1.00. The molecule has 0 aliphatic carbocycles. The fourth-order valence-electron chi connectivity index (χ4n) is 4.23. The Bertz CT molecular complexity index is 208. The van der Waals surface area contributed by atoms with E-state index in [9.17, 15) is 0 Å². The van der Waals surface area contributed by atoms with Gasteiger partial charge in [0.15, 0.2) is 0 Å². The molecule has 2 unspecified atom stereocenters. The van der Waals surface area contributed by atoms with Gasteiger partial charge in [-0.05, 0) is 11.8 Å². The van der Waals surface area contributed by atoms with Crippen LogP contribution in [0.2, 0.25) is 0 Å². The Balaban J connectivity index is 3.62. The maximum atomic E-state index is 2.41. The standard InChI is InChI=1S/C25H52/c1-5-9-11-13-15-17-20-24(7-3)22-19-23-25(8-4)21-18-16-14-12-10-6-2/h24-25H,5-23H2,1-4H3. The third-order valence-electron chi connectivity index (χ3n) is 6.31. The topological polar surface area (TPSA) is 0 Å². The van der Waals surface area contributed by atoms with Gasteiger partial charge in [0.05, 0.1) is 0 Å². The van der Waals surface area contributed by atoms with E-state index in [1.807, 2.05) is 0 Å². The van der Waals surface area contributed by atoms with E-state index in [0.717, 1.165) is 11.8 Å². The van der Waals surface area contributed by atoms with Crippen molar-refractivity contribution in [3.8, 4) is 0 Å². The predicted octanol–water partition coefficient (Wildman–Crippen LogP) is 9.71. The first-order valence-corrected chi connectivity index (χ1v) is 12.3. The van der Waals surface area contributed by atoms with Gasteiger partial charge >= 0.3 is 0 Å². The lowest BCUT2D eigenvalue weighted by Gasteiger charge is -2.18. The van der Waals surface area contributed by atoms with E-state index in [-0.39, 0.29) is 0 Å². The van der Waals surface area contributed by atoms with Crippen molar-refractivity contribution in [1.29, 1.82) is 0 Å². The molecule has 25 heavy (non-hydrogen) atoms. The van der Waals surface area contributed by atoms with Crippen molar-refractivity contribution < 1.29 is 0 Å². The highest BCUT2D eigenvalue weighted by Gasteiger charge is 2.10. The van der Waals surface area contributed by atoms with Crippen LogP contribution < -0.4 is 0 Å². The molecule has 0 saturated heterocycles. The van der Waals surface area contributed by atoms with Gasteiger partial charge in [0.1, 0.15) is 0 Å². The second-order valence-corrected chi connectivity index (χ2v) is 8.59. The van der Waals surface area contributed by atoms with Crippen LogP contribution in [0.5, 0.6) is 0 Å². The van der Waals surface area contributed by atoms with E-state index < -0.39 is 0 Å². The normalized spacial score (nSPS) is 13.9. The van der Waals surface area contributed by atoms with Gasteiger partial charge in [-0.1, -0.05) is 150 Å². The molecule has 0 bridgehead atoms. The number of unbranched alkanes of at least 4 members (excludes halogenated alkanes) is 10. The van der Waals surface area contributed by atoms with E-state index >= 15 is 0 Å². The summed E-state index contributed by atoms with van der Waals surface area (Å²) in [5, 5.41) is 0. The maximum absolute atomic E-state index is 2.41. The van der Waals surface area contributed by atoms with Crippen molar-refractivity contribution in [2.45, 2.75) is 150 Å². The second kappa shape index (κ2) is 20.3. The zero-order valence-corrected chi connectivity index (χ0v) is 18.6. The molecule has 0 saturated carbocycles. The number of rotatable bonds is 20. The van der Waals surface area contributed by atoms with Crippen LogP contribution >= 0.6 is 0 Å². The first kappa shape index (κ1) is 25.0. The summed E-state index contributed by atoms with van der Waals surface area (Å²) in [5.74, 6) is 2.02. The minimum atomic E-state index is 1.01. The number of hydrogen-bond acceptors (Lipinski definition) is 0. The largest absolute Gasteiger partial charge is 0.0654 e. The summed E-state index contributed by atoms with van der Waals surface area (Å²) < 4.78 is 0. The predicted molar refractivity (Wildman–Crippen MR) is 117 cm³/mol. The summed E-state index contributed by atoms with van der Waals surface area (Å²) >= 11 is 0. The van der Waals surface area contributed by atoms with E-state index in [2.05, 4.69) is 27.7 Å². The van der Waals surface area contributed by atoms with Crippen molar-refractivity contribution >= 4 is 0 Å². The van der Waals surface area contributed by atoms with Gasteiger partial charge in [0, 0.05) is 0 Å². The monoisotopic (exact) mass is 352 g/mol. The molecule has 0 rings (SSSR count). The summed E-state index contributed by atoms with van der Waals surface area (Å²) in [6.07, 6.45) is 27.7. The molecule has 0 aromatic carbocycles. The lowest BCUT2D eigenvalue weighted by Crippen LogP contribution is -2.03. The first-order chi connectivity index (χ1) is 12.3. The SMILES string of the molecule is CCCCCCCCC(CC)CCCC(CC)CCCCCCCC. The van der Waals surface area contributed by atoms with Crippen LogP contribution in [0.15, 0.2) is 0 Å². The first-order valence-electron chi connectivity index (χ1n) is 12.3. The van der Waals surface area contributed by atoms with Crippen molar-refractivity contribution in [3.63, 3.8) is 0 Å². The van der Waals surface area contributed by atoms with Crippen molar-refractivity contribution in [3.05, 3.63) is 0 Å². The van der Waals surface area contributed by atoms with Gasteiger partial charge < -0.3 is 0 Å². The molecular formula is C25H52. The van der Waals surface area contributed by atoms with Gasteiger partial charge in [0.25, 0.3) is 0 Å². The van der Waals surface area contributed by atoms with Crippen molar-refractivity contribution in [2.24, 2.45) is 11.8 Å². The Morgan fingerprint density at radius 3 is 1.04 bits per heavy atom. The third-order valence-corrected chi connectivity index (χ3v) is 6.31. The lowest BCUT2D eigenvalue weighted by molar-refractivity contribution is 0.350. The van der Waals surface area contributed by atoms with E-state index in [1.54, 1.807) is 0 Å². The molecule has 0 fully saturated rings. The van der Waals surface area contributed by atoms with Crippen LogP contribution in [0, 0.1) is 11.8 Å². The molecule has 0 nitrogen and oxygen atoms in total. The molecular weight excluding hydrogens is 300 g/mol. The fourth-order valence-corrected chi connectivity index (χ4v) is 4.23. The van der Waals surface area contributed by atoms with Crippen LogP contribution in [-0.2, 0) is 0 Å². The Labute approximate surface area is 161 Å². The molecule has 0 amide bonds. The lowest BCUT2D eigenvalue weighted by atomic mass is 9.88. The molecule has 0 aliphatic rings. The molecule has 0 radical (unpaired) electrons. The highest BCUT2D eigenvalue weighted by atomic mass is 14.2. The van der Waals surface area contributed by atoms with Gasteiger partial charge in [-0.3, -0.25) is 0 Å². The Hall–Kier alpha value is 0. The molecule has 152 valence electrons. The van der Waals surface area contributed by atoms with Gasteiger partial charge in [-0.15, -0.1) is 0 Å². The Morgan fingerprint density at radius 1 is 0.360 bits per heavy atom. The smallest absolute Gasteiger partial charge is 0.0417 e. The molecule has 0 spiro atoms. The molecule has 0 aliphatic heterocycles. The van der Waals surface area contributed by atoms with Crippen LogP contribution in [0.4, 0.5) is 0 Å². The Kier molecular flexibility index (Phi) is 20.3. The summed E-state index contributed by atoms with van der Waals surface area (Å²) in [7, 11) is 0. The molecule has 0 heteroatoms. The van der Waals surface area contributed by atoms with E-state index in [4.69, 9.17) is 0 Å². The minimum absolute atomic E-state index is 1.01. The molecule has 0 aromatic rings. The van der Waals surface area contributed by atoms with Gasteiger partial charge in [-0.2, -0.15) is 0 Å². The minimum Gasteiger partial charge on any atom is -0.0654 e. The zero-order valence-electron chi connectivity index (χ0n) is 18.6. The average molecular weight is 353 g/mol. The average Bonchev–Trinajstić information content (AvgIpc) is 2.64. The van der Waals surface area contributed by atoms with E-state index in [0.29, 0.717) is 0 Å².